The van der Waals surface area contributed by atoms with Crippen molar-refractivity contribution in [2.75, 3.05) is 5.32 Å². The van der Waals surface area contributed by atoms with E-state index in [0.29, 0.717) is 17.1 Å². The van der Waals surface area contributed by atoms with Crippen molar-refractivity contribution in [3.05, 3.63) is 76.5 Å². The van der Waals surface area contributed by atoms with E-state index in [-0.39, 0.29) is 16.6 Å². The number of H-pyrrole nitrogens is 1. The lowest BCUT2D eigenvalue weighted by Gasteiger charge is -2.07. The fourth-order valence-electron chi connectivity index (χ4n) is 2.11. The van der Waals surface area contributed by atoms with Crippen LogP contribution in [0.4, 0.5) is 21.5 Å². The maximum atomic E-state index is 12.9. The Kier molecular flexibility index (Phi) is 4.80. The topological polar surface area (TPSA) is 74.5 Å². The summed E-state index contributed by atoms with van der Waals surface area (Å²) in [7, 11) is 0. The lowest BCUT2D eigenvalue weighted by molar-refractivity contribution is 0.628. The molecule has 0 amide bonds. The number of nitrogens with one attached hydrogen (secondary N) is 2. The van der Waals surface area contributed by atoms with Gasteiger partial charge in [-0.15, -0.1) is 5.11 Å². The first-order valence-electron chi connectivity index (χ1n) is 7.40. The Morgan fingerprint density at radius 1 is 1.12 bits per heavy atom. The smallest absolute Gasteiger partial charge is 0.301 e. The van der Waals surface area contributed by atoms with Gasteiger partial charge in [-0.05, 0) is 55.5 Å². The minimum atomic E-state index is -0.420. The highest BCUT2D eigenvalue weighted by atomic mass is 32.1. The van der Waals surface area contributed by atoms with Crippen LogP contribution in [0.2, 0.25) is 0 Å². The van der Waals surface area contributed by atoms with Crippen molar-refractivity contribution < 1.29 is 4.39 Å². The number of aryl methyl sites for hydroxylation is 1. The molecule has 1 aromatic heterocycles. The average Bonchev–Trinajstić information content (AvgIpc) is 2.90. The lowest BCUT2D eigenvalue weighted by atomic mass is 10.3. The molecule has 3 rings (SSSR count). The standard InChI is InChI=1S/C17H14FN5OS/c1-11-15(21-20-14-5-3-2-4-6-14)16(24)23(22-11)17(25)19-13-9-7-12(18)8-10-13/h2-10,22H,1H3,(H,19,25). The molecular formula is C17H14FN5OS. The molecule has 0 spiro atoms. The SMILES string of the molecule is Cc1[nH]n(C(=S)Nc2ccc(F)cc2)c(=O)c1N=Nc1ccccc1. The van der Waals surface area contributed by atoms with Gasteiger partial charge in [0.2, 0.25) is 0 Å². The number of hydrogen-bond donors (Lipinski definition) is 2. The third-order valence-electron chi connectivity index (χ3n) is 3.36. The highest BCUT2D eigenvalue weighted by Crippen LogP contribution is 2.17. The number of nitrogens with zero attached hydrogens (tertiary/aromatic N) is 3. The second-order valence-corrected chi connectivity index (χ2v) is 5.59. The van der Waals surface area contributed by atoms with E-state index in [1.54, 1.807) is 19.1 Å². The van der Waals surface area contributed by atoms with Crippen LogP contribution in [-0.2, 0) is 0 Å². The number of aromatic amines is 1. The fourth-order valence-corrected chi connectivity index (χ4v) is 2.36. The Morgan fingerprint density at radius 2 is 1.80 bits per heavy atom. The normalized spacial score (nSPS) is 11.0. The summed E-state index contributed by atoms with van der Waals surface area (Å²) in [5.41, 5.74) is 1.50. The Labute approximate surface area is 148 Å². The predicted octanol–water partition coefficient (Wildman–Crippen LogP) is 4.28. The molecule has 0 atom stereocenters. The molecule has 126 valence electrons. The van der Waals surface area contributed by atoms with E-state index in [0.717, 1.165) is 4.68 Å². The van der Waals surface area contributed by atoms with Crippen LogP contribution < -0.4 is 10.9 Å². The molecule has 0 aliphatic heterocycles. The minimum Gasteiger partial charge on any atom is -0.331 e. The van der Waals surface area contributed by atoms with Crippen LogP contribution in [0.25, 0.3) is 0 Å². The predicted molar refractivity (Wildman–Crippen MR) is 98.4 cm³/mol. The van der Waals surface area contributed by atoms with Gasteiger partial charge in [-0.25, -0.2) is 4.39 Å². The molecule has 0 radical (unpaired) electrons. The first kappa shape index (κ1) is 16.7. The van der Waals surface area contributed by atoms with E-state index in [1.807, 2.05) is 18.2 Å². The summed E-state index contributed by atoms with van der Waals surface area (Å²) in [6, 6.07) is 14.7. The molecule has 0 unspecified atom stereocenters. The van der Waals surface area contributed by atoms with Gasteiger partial charge < -0.3 is 5.32 Å². The minimum absolute atomic E-state index is 0.126. The number of rotatable bonds is 3. The molecule has 1 heterocycles. The lowest BCUT2D eigenvalue weighted by Crippen LogP contribution is -2.29. The molecule has 0 aliphatic rings. The number of halogens is 1. The van der Waals surface area contributed by atoms with E-state index >= 15 is 0 Å². The molecule has 0 saturated heterocycles. The van der Waals surface area contributed by atoms with Gasteiger partial charge >= 0.3 is 5.56 Å². The van der Waals surface area contributed by atoms with Gasteiger partial charge in [0.15, 0.2) is 10.8 Å². The number of benzene rings is 2. The molecule has 3 aromatic rings. The molecule has 2 aromatic carbocycles. The first-order chi connectivity index (χ1) is 12.0. The van der Waals surface area contributed by atoms with Gasteiger partial charge in [0.1, 0.15) is 5.82 Å². The molecule has 0 fully saturated rings. The maximum absolute atomic E-state index is 12.9. The van der Waals surface area contributed by atoms with Crippen LogP contribution in [0.3, 0.4) is 0 Å². The number of thiocarbonyl (C=S) groups is 1. The molecular weight excluding hydrogens is 341 g/mol. The molecule has 8 heteroatoms. The van der Waals surface area contributed by atoms with Crippen molar-refractivity contribution in [1.82, 2.24) is 9.78 Å². The molecule has 25 heavy (non-hydrogen) atoms. The maximum Gasteiger partial charge on any atom is 0.301 e. The summed E-state index contributed by atoms with van der Waals surface area (Å²) in [6.45, 7) is 1.71. The highest BCUT2D eigenvalue weighted by Gasteiger charge is 2.14. The van der Waals surface area contributed by atoms with Crippen LogP contribution in [0, 0.1) is 12.7 Å². The van der Waals surface area contributed by atoms with Crippen LogP contribution >= 0.6 is 12.2 Å². The van der Waals surface area contributed by atoms with Gasteiger partial charge in [0, 0.05) is 5.69 Å². The summed E-state index contributed by atoms with van der Waals surface area (Å²) in [6.07, 6.45) is 0. The molecule has 0 saturated carbocycles. The van der Waals surface area contributed by atoms with Gasteiger partial charge in [-0.1, -0.05) is 18.2 Å². The van der Waals surface area contributed by atoms with Gasteiger partial charge in [0.05, 0.1) is 11.4 Å². The van der Waals surface area contributed by atoms with E-state index in [2.05, 4.69) is 20.6 Å². The van der Waals surface area contributed by atoms with Crippen molar-refractivity contribution in [2.45, 2.75) is 6.92 Å². The van der Waals surface area contributed by atoms with Crippen LogP contribution in [0.5, 0.6) is 0 Å². The second-order valence-electron chi connectivity index (χ2n) is 5.20. The highest BCUT2D eigenvalue weighted by molar-refractivity contribution is 7.80. The third-order valence-corrected chi connectivity index (χ3v) is 3.65. The quantitative estimate of drug-likeness (QED) is 0.544. The monoisotopic (exact) mass is 355 g/mol. The summed E-state index contributed by atoms with van der Waals surface area (Å²) in [5.74, 6) is -0.354. The summed E-state index contributed by atoms with van der Waals surface area (Å²) < 4.78 is 14.1. The molecule has 2 N–H and O–H groups in total. The second kappa shape index (κ2) is 7.18. The largest absolute Gasteiger partial charge is 0.331 e. The van der Waals surface area contributed by atoms with Crippen molar-refractivity contribution in [3.8, 4) is 0 Å². The zero-order valence-electron chi connectivity index (χ0n) is 13.2. The van der Waals surface area contributed by atoms with E-state index in [4.69, 9.17) is 12.2 Å². The van der Waals surface area contributed by atoms with Crippen molar-refractivity contribution in [2.24, 2.45) is 10.2 Å². The summed E-state index contributed by atoms with van der Waals surface area (Å²) in [5, 5.41) is 13.9. The Balaban J connectivity index is 1.84. The Morgan fingerprint density at radius 3 is 2.48 bits per heavy atom. The molecule has 0 bridgehead atoms. The van der Waals surface area contributed by atoms with Crippen LogP contribution in [0.1, 0.15) is 5.69 Å². The number of aromatic nitrogens is 2. The third kappa shape index (κ3) is 3.86. The Hall–Kier alpha value is -3.13. The van der Waals surface area contributed by atoms with E-state index in [9.17, 15) is 9.18 Å². The first-order valence-corrected chi connectivity index (χ1v) is 7.81. The van der Waals surface area contributed by atoms with E-state index in [1.165, 1.54) is 24.3 Å². The van der Waals surface area contributed by atoms with E-state index < -0.39 is 5.56 Å². The van der Waals surface area contributed by atoms with Crippen molar-refractivity contribution in [1.29, 1.82) is 0 Å². The van der Waals surface area contributed by atoms with Gasteiger partial charge in [0.25, 0.3) is 0 Å². The van der Waals surface area contributed by atoms with Gasteiger partial charge in [-0.2, -0.15) is 9.80 Å². The molecule has 6 nitrogen and oxygen atoms in total. The average molecular weight is 355 g/mol. The summed E-state index contributed by atoms with van der Waals surface area (Å²) >= 11 is 5.23. The van der Waals surface area contributed by atoms with Crippen molar-refractivity contribution >= 4 is 34.4 Å². The zero-order chi connectivity index (χ0) is 17.8. The summed E-state index contributed by atoms with van der Waals surface area (Å²) in [4.78, 5) is 12.5. The van der Waals surface area contributed by atoms with Crippen molar-refractivity contribution in [3.63, 3.8) is 0 Å². The zero-order valence-corrected chi connectivity index (χ0v) is 14.0. The number of hydrogen-bond acceptors (Lipinski definition) is 4. The van der Waals surface area contributed by atoms with Crippen LogP contribution in [0.15, 0.2) is 69.6 Å². The van der Waals surface area contributed by atoms with Crippen LogP contribution in [-0.4, -0.2) is 14.9 Å². The molecule has 0 aliphatic carbocycles. The Bertz CT molecular complexity index is 977. The fraction of sp³-hybridized carbons (Fsp3) is 0.0588. The van der Waals surface area contributed by atoms with Gasteiger partial charge in [-0.3, -0.25) is 9.89 Å². The number of azo groups is 1. The number of anilines is 1.